The van der Waals surface area contributed by atoms with Crippen LogP contribution in [0.4, 0.5) is 8.78 Å². The number of halogens is 2. The Labute approximate surface area is 150 Å². The van der Waals surface area contributed by atoms with E-state index in [0.717, 1.165) is 21.5 Å². The molecule has 2 atom stereocenters. The van der Waals surface area contributed by atoms with Gasteiger partial charge in [0.1, 0.15) is 6.61 Å². The van der Waals surface area contributed by atoms with Crippen LogP contribution in [-0.4, -0.2) is 25.0 Å². The van der Waals surface area contributed by atoms with Crippen LogP contribution in [0.15, 0.2) is 54.6 Å². The Hall–Kier alpha value is -2.53. The molecule has 1 aliphatic carbocycles. The molecule has 0 bridgehead atoms. The van der Waals surface area contributed by atoms with Gasteiger partial charge in [-0.25, -0.2) is 13.6 Å². The summed E-state index contributed by atoms with van der Waals surface area (Å²) in [5.74, 6) is -5.30. The predicted octanol–water partition coefficient (Wildman–Crippen LogP) is 4.63. The fourth-order valence-corrected chi connectivity index (χ4v) is 3.48. The van der Waals surface area contributed by atoms with Gasteiger partial charge in [-0.1, -0.05) is 56.0 Å². The minimum Gasteiger partial charge on any atom is -0.462 e. The lowest BCUT2D eigenvalue weighted by Crippen LogP contribution is -2.11. The van der Waals surface area contributed by atoms with Crippen LogP contribution in [0.25, 0.3) is 21.5 Å². The Morgan fingerprint density at radius 2 is 1.54 bits per heavy atom. The molecule has 0 heterocycles. The number of hydrogen-bond donors (Lipinski definition) is 1. The number of carbonyl (C=O) groups excluding carboxylic acids is 1. The van der Waals surface area contributed by atoms with E-state index in [1.807, 2.05) is 54.6 Å². The van der Waals surface area contributed by atoms with Gasteiger partial charge in [-0.15, -0.1) is 0 Å². The number of benzene rings is 3. The average Bonchev–Trinajstić information content (AvgIpc) is 3.16. The van der Waals surface area contributed by atoms with Gasteiger partial charge in [0.15, 0.2) is 0 Å². The first kappa shape index (κ1) is 18.3. The van der Waals surface area contributed by atoms with E-state index in [1.165, 1.54) is 0 Å². The molecular weight excluding hydrogens is 336 g/mol. The number of carbonyl (C=O) groups is 1. The smallest absolute Gasteiger partial charge is 0.339 e. The van der Waals surface area contributed by atoms with Gasteiger partial charge in [0, 0.05) is 12.5 Å². The van der Waals surface area contributed by atoms with Crippen LogP contribution in [0, 0.1) is 11.8 Å². The molecule has 0 saturated heterocycles. The predicted molar refractivity (Wildman–Crippen MR) is 99.4 cm³/mol. The van der Waals surface area contributed by atoms with Crippen LogP contribution in [0.5, 0.6) is 0 Å². The van der Waals surface area contributed by atoms with Crippen molar-refractivity contribution in [3.8, 4) is 0 Å². The summed E-state index contributed by atoms with van der Waals surface area (Å²) >= 11 is 0. The summed E-state index contributed by atoms with van der Waals surface area (Å²) in [4.78, 5) is 12.7. The van der Waals surface area contributed by atoms with Crippen molar-refractivity contribution >= 4 is 27.5 Å². The van der Waals surface area contributed by atoms with E-state index >= 15 is 0 Å². The first-order valence-corrected chi connectivity index (χ1v) is 8.19. The second-order valence-electron chi connectivity index (χ2n) is 6.42. The van der Waals surface area contributed by atoms with Crippen molar-refractivity contribution in [2.24, 2.45) is 17.6 Å². The molecule has 0 aliphatic heterocycles. The third kappa shape index (κ3) is 2.82. The SMILES string of the molecule is C.NC[C@H]1[C@H](COC(=O)c2c3ccccc3cc3ccccc23)C1(F)F. The van der Waals surface area contributed by atoms with E-state index < -0.39 is 23.7 Å². The lowest BCUT2D eigenvalue weighted by atomic mass is 9.97. The molecule has 0 amide bonds. The highest BCUT2D eigenvalue weighted by molar-refractivity contribution is 6.16. The van der Waals surface area contributed by atoms with E-state index in [0.29, 0.717) is 5.56 Å². The standard InChI is InChI=1S/C20H17F2NO2.CH4/c21-20(22)16(10-23)17(20)11-25-19(24)18-14-7-3-1-5-12(14)9-13-6-2-4-8-15(13)18;/h1-9,16-17H,10-11,23H2;1H4/t16-,17-;/m0./s1. The fraction of sp³-hybridized carbons (Fsp3) is 0.286. The maximum Gasteiger partial charge on any atom is 0.339 e. The van der Waals surface area contributed by atoms with E-state index in [2.05, 4.69) is 0 Å². The van der Waals surface area contributed by atoms with Crippen LogP contribution < -0.4 is 5.73 Å². The lowest BCUT2D eigenvalue weighted by molar-refractivity contribution is 0.0365. The van der Waals surface area contributed by atoms with Crippen LogP contribution in [0.3, 0.4) is 0 Å². The quantitative estimate of drug-likeness (QED) is 0.547. The third-order valence-corrected chi connectivity index (χ3v) is 4.99. The fourth-order valence-electron chi connectivity index (χ4n) is 3.48. The normalized spacial score (nSPS) is 20.6. The lowest BCUT2D eigenvalue weighted by Gasteiger charge is -2.11. The van der Waals surface area contributed by atoms with E-state index in [-0.39, 0.29) is 20.6 Å². The Morgan fingerprint density at radius 3 is 2.04 bits per heavy atom. The molecule has 0 unspecified atom stereocenters. The highest BCUT2D eigenvalue weighted by Gasteiger charge is 2.67. The minimum absolute atomic E-state index is 0. The average molecular weight is 357 g/mol. The van der Waals surface area contributed by atoms with Crippen LogP contribution in [-0.2, 0) is 4.74 Å². The highest BCUT2D eigenvalue weighted by atomic mass is 19.3. The molecule has 136 valence electrons. The Morgan fingerprint density at radius 1 is 1.00 bits per heavy atom. The molecule has 5 heteroatoms. The van der Waals surface area contributed by atoms with Gasteiger partial charge in [0.25, 0.3) is 5.92 Å². The molecule has 3 aromatic carbocycles. The van der Waals surface area contributed by atoms with Crippen LogP contribution in [0.1, 0.15) is 17.8 Å². The number of hydrogen-bond acceptors (Lipinski definition) is 3. The molecular formula is C21H21F2NO2. The van der Waals surface area contributed by atoms with E-state index in [9.17, 15) is 13.6 Å². The monoisotopic (exact) mass is 357 g/mol. The van der Waals surface area contributed by atoms with Crippen molar-refractivity contribution < 1.29 is 18.3 Å². The van der Waals surface area contributed by atoms with Gasteiger partial charge in [-0.2, -0.15) is 0 Å². The number of alkyl halides is 2. The van der Waals surface area contributed by atoms with Gasteiger partial charge in [-0.3, -0.25) is 0 Å². The van der Waals surface area contributed by atoms with Crippen LogP contribution in [0.2, 0.25) is 0 Å². The maximum atomic E-state index is 13.5. The van der Waals surface area contributed by atoms with Crippen molar-refractivity contribution in [1.29, 1.82) is 0 Å². The summed E-state index contributed by atoms with van der Waals surface area (Å²) in [5, 5.41) is 3.32. The summed E-state index contributed by atoms with van der Waals surface area (Å²) < 4.78 is 32.4. The second-order valence-corrected chi connectivity index (χ2v) is 6.42. The molecule has 3 nitrogen and oxygen atoms in total. The van der Waals surface area contributed by atoms with Crippen molar-refractivity contribution in [1.82, 2.24) is 0 Å². The molecule has 3 aromatic rings. The maximum absolute atomic E-state index is 13.5. The number of rotatable bonds is 4. The molecule has 2 N–H and O–H groups in total. The van der Waals surface area contributed by atoms with Crippen LogP contribution >= 0.6 is 0 Å². The zero-order valence-electron chi connectivity index (χ0n) is 13.4. The molecule has 26 heavy (non-hydrogen) atoms. The minimum atomic E-state index is -2.84. The summed E-state index contributed by atoms with van der Waals surface area (Å²) in [5.41, 5.74) is 5.76. The zero-order valence-corrected chi connectivity index (χ0v) is 13.4. The zero-order chi connectivity index (χ0) is 17.6. The first-order chi connectivity index (χ1) is 12.0. The topological polar surface area (TPSA) is 52.3 Å². The van der Waals surface area contributed by atoms with Gasteiger partial charge in [-0.05, 0) is 27.6 Å². The molecule has 0 aromatic heterocycles. The van der Waals surface area contributed by atoms with Crippen molar-refractivity contribution in [3.63, 3.8) is 0 Å². The van der Waals surface area contributed by atoms with E-state index in [1.54, 1.807) is 0 Å². The van der Waals surface area contributed by atoms with Gasteiger partial charge in [0.2, 0.25) is 0 Å². The summed E-state index contributed by atoms with van der Waals surface area (Å²) in [6.07, 6.45) is 0. The molecule has 4 rings (SSSR count). The van der Waals surface area contributed by atoms with Crippen molar-refractivity contribution in [2.75, 3.05) is 13.2 Å². The van der Waals surface area contributed by atoms with Gasteiger partial charge < -0.3 is 10.5 Å². The molecule has 0 radical (unpaired) electrons. The van der Waals surface area contributed by atoms with Crippen molar-refractivity contribution in [2.45, 2.75) is 13.3 Å². The molecule has 1 aliphatic rings. The number of fused-ring (bicyclic) bond motifs is 2. The molecule has 1 saturated carbocycles. The highest BCUT2D eigenvalue weighted by Crippen LogP contribution is 2.54. The summed E-state index contributed by atoms with van der Waals surface area (Å²) in [6, 6.07) is 17.0. The molecule has 1 fully saturated rings. The Kier molecular flexibility index (Phi) is 4.67. The van der Waals surface area contributed by atoms with Crippen molar-refractivity contribution in [3.05, 3.63) is 60.2 Å². The van der Waals surface area contributed by atoms with E-state index in [4.69, 9.17) is 10.5 Å². The molecule has 0 spiro atoms. The summed E-state index contributed by atoms with van der Waals surface area (Å²) in [6.45, 7) is -0.419. The number of ether oxygens (including phenoxy) is 1. The van der Waals surface area contributed by atoms with Gasteiger partial charge in [0.05, 0.1) is 11.5 Å². The second kappa shape index (κ2) is 6.65. The van der Waals surface area contributed by atoms with Gasteiger partial charge >= 0.3 is 5.97 Å². The Balaban J connectivity index is 0.00000196. The third-order valence-electron chi connectivity index (χ3n) is 4.99. The number of nitrogens with two attached hydrogens (primary N) is 1. The summed E-state index contributed by atoms with van der Waals surface area (Å²) in [7, 11) is 0. The number of esters is 1. The first-order valence-electron chi connectivity index (χ1n) is 8.19. The Bertz CT molecular complexity index is 917. The largest absolute Gasteiger partial charge is 0.462 e.